The van der Waals surface area contributed by atoms with Gasteiger partial charge in [-0.1, -0.05) is 23.7 Å². The second kappa shape index (κ2) is 9.56. The molecule has 3 aromatic heterocycles. The highest BCUT2D eigenvalue weighted by Gasteiger charge is 2.27. The topological polar surface area (TPSA) is 77.3 Å². The van der Waals surface area contributed by atoms with Gasteiger partial charge in [0.1, 0.15) is 11.5 Å². The lowest BCUT2D eigenvalue weighted by atomic mass is 10.1. The largest absolute Gasteiger partial charge is 0.449 e. The molecular weight excluding hydrogens is 464 g/mol. The Labute approximate surface area is 208 Å². The van der Waals surface area contributed by atoms with Gasteiger partial charge in [-0.2, -0.15) is 5.10 Å². The number of nitrogens with one attached hydrogen (secondary N) is 1. The van der Waals surface area contributed by atoms with Crippen LogP contribution in [-0.2, 0) is 4.74 Å². The molecule has 35 heavy (non-hydrogen) atoms. The Bertz CT molecular complexity index is 1330. The molecule has 1 saturated carbocycles. The molecule has 1 saturated heterocycles. The van der Waals surface area contributed by atoms with Crippen molar-refractivity contribution in [3.63, 3.8) is 0 Å². The minimum atomic E-state index is 0.423. The van der Waals surface area contributed by atoms with E-state index in [0.29, 0.717) is 41.6 Å². The van der Waals surface area contributed by atoms with Crippen molar-refractivity contribution in [2.75, 3.05) is 36.5 Å². The van der Waals surface area contributed by atoms with Crippen molar-refractivity contribution >= 4 is 28.9 Å². The molecule has 8 nitrogen and oxygen atoms in total. The molecule has 1 N–H and O–H groups in total. The summed E-state index contributed by atoms with van der Waals surface area (Å²) in [5.41, 5.74) is 2.55. The van der Waals surface area contributed by atoms with E-state index in [2.05, 4.69) is 20.2 Å². The van der Waals surface area contributed by atoms with Crippen molar-refractivity contribution in [2.24, 2.45) is 0 Å². The van der Waals surface area contributed by atoms with E-state index in [0.717, 1.165) is 48.7 Å². The minimum Gasteiger partial charge on any atom is -0.449 e. The zero-order valence-corrected chi connectivity index (χ0v) is 19.9. The summed E-state index contributed by atoms with van der Waals surface area (Å²) in [4.78, 5) is 11.3. The van der Waals surface area contributed by atoms with E-state index in [4.69, 9.17) is 26.2 Å². The molecule has 4 heterocycles. The number of morpholine rings is 1. The summed E-state index contributed by atoms with van der Waals surface area (Å²) >= 11 is 6.26. The molecule has 0 radical (unpaired) electrons. The quantitative estimate of drug-likeness (QED) is 0.357. The van der Waals surface area contributed by atoms with Crippen molar-refractivity contribution in [1.82, 2.24) is 19.7 Å². The first-order chi connectivity index (χ1) is 17.2. The number of hydrogen-bond donors (Lipinski definition) is 1. The summed E-state index contributed by atoms with van der Waals surface area (Å²) in [5.74, 6) is 2.79. The number of anilines is 3. The molecule has 0 atom stereocenters. The summed E-state index contributed by atoms with van der Waals surface area (Å²) < 4.78 is 13.9. The first kappa shape index (κ1) is 21.9. The predicted octanol–water partition coefficient (Wildman–Crippen LogP) is 5.70. The van der Waals surface area contributed by atoms with Gasteiger partial charge in [0.15, 0.2) is 17.3 Å². The van der Waals surface area contributed by atoms with Crippen LogP contribution in [0.3, 0.4) is 0 Å². The van der Waals surface area contributed by atoms with Crippen molar-refractivity contribution in [1.29, 1.82) is 0 Å². The maximum Gasteiger partial charge on any atom is 0.173 e. The van der Waals surface area contributed by atoms with Crippen molar-refractivity contribution in [3.05, 3.63) is 72.1 Å². The van der Waals surface area contributed by atoms with E-state index in [9.17, 15) is 0 Å². The molecule has 1 aromatic carbocycles. The van der Waals surface area contributed by atoms with Gasteiger partial charge in [-0.05, 0) is 43.2 Å². The third-order valence-corrected chi connectivity index (χ3v) is 6.29. The van der Waals surface area contributed by atoms with E-state index in [1.807, 2.05) is 59.4 Å². The SMILES string of the molecule is Clc1cccc(-c2nn(C3CC3)cc2Oc2cccnc2Nc2ccnc(N3CCOCC3)c2)c1. The number of benzene rings is 1. The average Bonchev–Trinajstić information content (AvgIpc) is 3.66. The zero-order valence-electron chi connectivity index (χ0n) is 19.1. The van der Waals surface area contributed by atoms with Gasteiger partial charge in [0, 0.05) is 47.8 Å². The monoisotopic (exact) mass is 488 g/mol. The maximum absolute atomic E-state index is 6.42. The highest BCUT2D eigenvalue weighted by atomic mass is 35.5. The Morgan fingerprint density at radius 1 is 0.971 bits per heavy atom. The van der Waals surface area contributed by atoms with Gasteiger partial charge >= 0.3 is 0 Å². The number of halogens is 1. The Hall–Kier alpha value is -3.62. The zero-order chi connectivity index (χ0) is 23.6. The van der Waals surface area contributed by atoms with Crippen LogP contribution in [-0.4, -0.2) is 46.1 Å². The van der Waals surface area contributed by atoms with E-state index < -0.39 is 0 Å². The normalized spacial score (nSPS) is 15.7. The molecule has 1 aliphatic carbocycles. The summed E-state index contributed by atoms with van der Waals surface area (Å²) in [6.07, 6.45) is 7.76. The third kappa shape index (κ3) is 4.94. The average molecular weight is 489 g/mol. The molecule has 0 bridgehead atoms. The first-order valence-electron chi connectivity index (χ1n) is 11.8. The van der Waals surface area contributed by atoms with E-state index in [-0.39, 0.29) is 0 Å². The Balaban J connectivity index is 1.29. The van der Waals surface area contributed by atoms with Crippen LogP contribution < -0.4 is 15.0 Å². The fraction of sp³-hybridized carbons (Fsp3) is 0.269. The number of pyridine rings is 2. The van der Waals surface area contributed by atoms with Gasteiger partial charge in [-0.25, -0.2) is 9.97 Å². The van der Waals surface area contributed by atoms with Crippen LogP contribution in [0.1, 0.15) is 18.9 Å². The van der Waals surface area contributed by atoms with E-state index in [1.165, 1.54) is 0 Å². The van der Waals surface area contributed by atoms with Gasteiger partial charge in [-0.3, -0.25) is 4.68 Å². The van der Waals surface area contributed by atoms with E-state index >= 15 is 0 Å². The third-order valence-electron chi connectivity index (χ3n) is 6.05. The van der Waals surface area contributed by atoms with Crippen LogP contribution in [0.4, 0.5) is 17.3 Å². The lowest BCUT2D eigenvalue weighted by molar-refractivity contribution is 0.122. The first-order valence-corrected chi connectivity index (χ1v) is 12.1. The fourth-order valence-electron chi connectivity index (χ4n) is 4.09. The highest BCUT2D eigenvalue weighted by molar-refractivity contribution is 6.30. The summed E-state index contributed by atoms with van der Waals surface area (Å²) in [6, 6.07) is 15.8. The Morgan fingerprint density at radius 3 is 2.69 bits per heavy atom. The van der Waals surface area contributed by atoms with Crippen LogP contribution in [0.2, 0.25) is 5.02 Å². The van der Waals surface area contributed by atoms with Gasteiger partial charge in [-0.15, -0.1) is 0 Å². The lowest BCUT2D eigenvalue weighted by Crippen LogP contribution is -2.36. The number of ether oxygens (including phenoxy) is 2. The summed E-state index contributed by atoms with van der Waals surface area (Å²) in [5, 5.41) is 8.88. The number of aromatic nitrogens is 4. The highest BCUT2D eigenvalue weighted by Crippen LogP contribution is 2.41. The smallest absolute Gasteiger partial charge is 0.173 e. The Morgan fingerprint density at radius 2 is 1.86 bits per heavy atom. The molecule has 6 rings (SSSR count). The van der Waals surface area contributed by atoms with Crippen LogP contribution >= 0.6 is 11.6 Å². The summed E-state index contributed by atoms with van der Waals surface area (Å²) in [6.45, 7) is 3.07. The van der Waals surface area contributed by atoms with Gasteiger partial charge in [0.2, 0.25) is 0 Å². The molecule has 178 valence electrons. The second-order valence-electron chi connectivity index (χ2n) is 8.64. The number of hydrogen-bond acceptors (Lipinski definition) is 7. The molecule has 2 aliphatic rings. The maximum atomic E-state index is 6.42. The Kier molecular flexibility index (Phi) is 5.98. The van der Waals surface area contributed by atoms with Crippen LogP contribution in [0.25, 0.3) is 11.3 Å². The predicted molar refractivity (Wildman–Crippen MR) is 136 cm³/mol. The van der Waals surface area contributed by atoms with Crippen LogP contribution in [0, 0.1) is 0 Å². The van der Waals surface area contributed by atoms with Crippen LogP contribution in [0.15, 0.2) is 67.1 Å². The molecule has 1 aliphatic heterocycles. The minimum absolute atomic E-state index is 0.423. The van der Waals surface area contributed by atoms with Gasteiger partial charge in [0.05, 0.1) is 25.5 Å². The van der Waals surface area contributed by atoms with Crippen molar-refractivity contribution in [2.45, 2.75) is 18.9 Å². The van der Waals surface area contributed by atoms with Gasteiger partial charge < -0.3 is 19.7 Å². The molecule has 0 amide bonds. The molecule has 9 heteroatoms. The molecule has 0 unspecified atom stereocenters. The summed E-state index contributed by atoms with van der Waals surface area (Å²) in [7, 11) is 0. The number of rotatable bonds is 7. The molecule has 4 aromatic rings. The molecular formula is C26H25ClN6O2. The lowest BCUT2D eigenvalue weighted by Gasteiger charge is -2.28. The van der Waals surface area contributed by atoms with Crippen molar-refractivity contribution in [3.8, 4) is 22.8 Å². The van der Waals surface area contributed by atoms with Crippen LogP contribution in [0.5, 0.6) is 11.5 Å². The number of nitrogens with zero attached hydrogens (tertiary/aromatic N) is 5. The molecule has 0 spiro atoms. The fourth-order valence-corrected chi connectivity index (χ4v) is 4.29. The van der Waals surface area contributed by atoms with Gasteiger partial charge in [0.25, 0.3) is 0 Å². The second-order valence-corrected chi connectivity index (χ2v) is 9.08. The standard InChI is InChI=1S/C26H25ClN6O2/c27-19-4-1-3-18(15-19)25-23(17-33(31-25)21-6-7-21)35-22-5-2-9-29-26(22)30-20-8-10-28-24(16-20)32-11-13-34-14-12-32/h1-5,8-10,15-17,21H,6-7,11-14H2,(H,28,29,30). The van der Waals surface area contributed by atoms with Crippen molar-refractivity contribution < 1.29 is 9.47 Å². The molecule has 2 fully saturated rings. The van der Waals surface area contributed by atoms with E-state index in [1.54, 1.807) is 12.4 Å².